The van der Waals surface area contributed by atoms with E-state index in [0.717, 1.165) is 47.9 Å². The fourth-order valence-electron chi connectivity index (χ4n) is 5.63. The van der Waals surface area contributed by atoms with E-state index in [1.165, 1.54) is 4.90 Å². The first-order valence-corrected chi connectivity index (χ1v) is 12.5. The van der Waals surface area contributed by atoms with Crippen molar-refractivity contribution in [3.05, 3.63) is 59.7 Å². The molecule has 7 heteroatoms. The van der Waals surface area contributed by atoms with E-state index in [1.807, 2.05) is 31.2 Å². The van der Waals surface area contributed by atoms with Crippen molar-refractivity contribution in [1.29, 1.82) is 0 Å². The number of amides is 2. The molecule has 35 heavy (non-hydrogen) atoms. The van der Waals surface area contributed by atoms with E-state index >= 15 is 0 Å². The van der Waals surface area contributed by atoms with Gasteiger partial charge in [0.2, 0.25) is 5.91 Å². The van der Waals surface area contributed by atoms with Crippen LogP contribution in [0.2, 0.25) is 0 Å². The summed E-state index contributed by atoms with van der Waals surface area (Å²) in [4.78, 5) is 39.5. The number of fused-ring (bicyclic) bond motifs is 3. The zero-order chi connectivity index (χ0) is 25.0. The van der Waals surface area contributed by atoms with Gasteiger partial charge >= 0.3 is 12.1 Å². The van der Waals surface area contributed by atoms with Crippen molar-refractivity contribution >= 4 is 18.0 Å². The van der Waals surface area contributed by atoms with Crippen molar-refractivity contribution in [2.24, 2.45) is 0 Å². The van der Waals surface area contributed by atoms with Gasteiger partial charge in [-0.25, -0.2) is 4.79 Å². The molecule has 1 unspecified atom stereocenters. The fourth-order valence-corrected chi connectivity index (χ4v) is 5.63. The Bertz CT molecular complexity index is 1050. The van der Waals surface area contributed by atoms with Gasteiger partial charge in [-0.1, -0.05) is 74.7 Å². The lowest BCUT2D eigenvalue weighted by Gasteiger charge is -2.37. The maximum absolute atomic E-state index is 13.6. The van der Waals surface area contributed by atoms with E-state index in [9.17, 15) is 19.5 Å². The van der Waals surface area contributed by atoms with Gasteiger partial charge in [0, 0.05) is 12.0 Å². The minimum Gasteiger partial charge on any atom is -0.480 e. The summed E-state index contributed by atoms with van der Waals surface area (Å²) in [5.41, 5.74) is 3.27. The smallest absolute Gasteiger partial charge is 0.408 e. The third kappa shape index (κ3) is 5.19. The topological polar surface area (TPSA) is 95.9 Å². The Morgan fingerprint density at radius 2 is 1.60 bits per heavy atom. The first kappa shape index (κ1) is 24.8. The van der Waals surface area contributed by atoms with Crippen molar-refractivity contribution in [3.8, 4) is 11.1 Å². The zero-order valence-electron chi connectivity index (χ0n) is 20.5. The largest absolute Gasteiger partial charge is 0.480 e. The van der Waals surface area contributed by atoms with E-state index in [4.69, 9.17) is 4.74 Å². The average Bonchev–Trinajstić information content (AvgIpc) is 3.48. The Morgan fingerprint density at radius 1 is 1.03 bits per heavy atom. The van der Waals surface area contributed by atoms with E-state index in [1.54, 1.807) is 6.92 Å². The number of benzene rings is 2. The quantitative estimate of drug-likeness (QED) is 0.532. The molecule has 2 aliphatic rings. The summed E-state index contributed by atoms with van der Waals surface area (Å²) in [6.07, 6.45) is 3.88. The highest BCUT2D eigenvalue weighted by Crippen LogP contribution is 2.44. The van der Waals surface area contributed by atoms with E-state index in [0.29, 0.717) is 12.8 Å². The molecule has 4 rings (SSSR count). The molecule has 2 aromatic carbocycles. The molecule has 0 saturated heterocycles. The van der Waals surface area contributed by atoms with Crippen LogP contribution in [-0.2, 0) is 14.3 Å². The highest BCUT2D eigenvalue weighted by molar-refractivity contribution is 5.92. The number of carbonyl (C=O) groups excluding carboxylic acids is 2. The Balaban J connectivity index is 1.48. The van der Waals surface area contributed by atoms with Gasteiger partial charge in [0.15, 0.2) is 0 Å². The van der Waals surface area contributed by atoms with Crippen LogP contribution in [0, 0.1) is 0 Å². The number of ether oxygens (including phenoxy) is 1. The van der Waals surface area contributed by atoms with E-state index < -0.39 is 17.6 Å². The number of carbonyl (C=O) groups is 3. The van der Waals surface area contributed by atoms with Crippen LogP contribution in [0.15, 0.2) is 48.5 Å². The Labute approximate surface area is 206 Å². The molecule has 1 atom stereocenters. The summed E-state index contributed by atoms with van der Waals surface area (Å²) in [7, 11) is 0. The molecular formula is C28H34N2O5. The second-order valence-electron chi connectivity index (χ2n) is 9.80. The van der Waals surface area contributed by atoms with Crippen LogP contribution in [0.1, 0.15) is 69.4 Å². The summed E-state index contributed by atoms with van der Waals surface area (Å²) < 4.78 is 5.68. The number of hydrogen-bond donors (Lipinski definition) is 2. The first-order valence-electron chi connectivity index (χ1n) is 12.5. The molecule has 0 aliphatic heterocycles. The average molecular weight is 479 g/mol. The standard InChI is InChI=1S/C28H34N2O5/c1-3-16-28(2,26(33)30(17-25(31)32)19-10-4-5-11-19)29-27(34)35-18-24-22-14-8-6-12-20(22)21-13-7-9-15-23(21)24/h6-9,12-15,19,24H,3-5,10-11,16-18H2,1-2H3,(H,29,34)(H,31,32). The van der Waals surface area contributed by atoms with Crippen LogP contribution in [0.4, 0.5) is 4.79 Å². The fraction of sp³-hybridized carbons (Fsp3) is 0.464. The lowest BCUT2D eigenvalue weighted by atomic mass is 9.93. The molecule has 0 bridgehead atoms. The molecule has 2 aromatic rings. The molecule has 1 fully saturated rings. The number of carboxylic acid groups (broad SMARTS) is 1. The molecule has 2 aliphatic carbocycles. The van der Waals surface area contributed by atoms with Crippen LogP contribution < -0.4 is 5.32 Å². The predicted octanol–water partition coefficient (Wildman–Crippen LogP) is 4.94. The van der Waals surface area contributed by atoms with Gasteiger partial charge in [0.25, 0.3) is 0 Å². The van der Waals surface area contributed by atoms with Crippen molar-refractivity contribution in [1.82, 2.24) is 10.2 Å². The molecule has 2 amide bonds. The summed E-state index contributed by atoms with van der Waals surface area (Å²) in [6.45, 7) is 3.39. The molecule has 0 aromatic heterocycles. The van der Waals surface area contributed by atoms with Crippen LogP contribution in [0.3, 0.4) is 0 Å². The molecule has 2 N–H and O–H groups in total. The third-order valence-corrected chi connectivity index (χ3v) is 7.28. The van der Waals surface area contributed by atoms with Crippen molar-refractivity contribution in [3.63, 3.8) is 0 Å². The number of rotatable bonds is 9. The number of nitrogens with zero attached hydrogens (tertiary/aromatic N) is 1. The first-order chi connectivity index (χ1) is 16.8. The second-order valence-corrected chi connectivity index (χ2v) is 9.80. The highest BCUT2D eigenvalue weighted by atomic mass is 16.5. The van der Waals surface area contributed by atoms with Gasteiger partial charge in [0.05, 0.1) is 0 Å². The lowest BCUT2D eigenvalue weighted by molar-refractivity contribution is -0.149. The van der Waals surface area contributed by atoms with Gasteiger partial charge in [0.1, 0.15) is 18.7 Å². The summed E-state index contributed by atoms with van der Waals surface area (Å²) in [5.74, 6) is -1.49. The van der Waals surface area contributed by atoms with Crippen LogP contribution in [-0.4, -0.2) is 52.7 Å². The summed E-state index contributed by atoms with van der Waals surface area (Å²) in [5, 5.41) is 12.2. The Hall–Kier alpha value is -3.35. The number of carboxylic acids is 1. The van der Waals surface area contributed by atoms with Crippen molar-refractivity contribution in [2.75, 3.05) is 13.2 Å². The predicted molar refractivity (Wildman–Crippen MR) is 133 cm³/mol. The monoisotopic (exact) mass is 478 g/mol. The molecular weight excluding hydrogens is 444 g/mol. The normalized spacial score (nSPS) is 16.7. The zero-order valence-corrected chi connectivity index (χ0v) is 20.5. The van der Waals surface area contributed by atoms with E-state index in [2.05, 4.69) is 29.6 Å². The van der Waals surface area contributed by atoms with Gasteiger partial charge in [-0.2, -0.15) is 0 Å². The van der Waals surface area contributed by atoms with Crippen LogP contribution in [0.25, 0.3) is 11.1 Å². The minimum absolute atomic E-state index is 0.0803. The second kappa shape index (κ2) is 10.5. The van der Waals surface area contributed by atoms with Crippen molar-refractivity contribution < 1.29 is 24.2 Å². The summed E-state index contributed by atoms with van der Waals surface area (Å²) >= 11 is 0. The van der Waals surface area contributed by atoms with Gasteiger partial charge in [-0.3, -0.25) is 9.59 Å². The minimum atomic E-state index is -1.24. The number of hydrogen-bond acceptors (Lipinski definition) is 4. The molecule has 0 radical (unpaired) electrons. The number of aliphatic carboxylic acids is 1. The van der Waals surface area contributed by atoms with Gasteiger partial charge < -0.3 is 20.1 Å². The molecule has 1 saturated carbocycles. The number of alkyl carbamates (subject to hydrolysis) is 1. The lowest BCUT2D eigenvalue weighted by Crippen LogP contribution is -2.60. The van der Waals surface area contributed by atoms with Gasteiger partial charge in [-0.05, 0) is 48.4 Å². The van der Waals surface area contributed by atoms with E-state index in [-0.39, 0.29) is 31.0 Å². The summed E-state index contributed by atoms with van der Waals surface area (Å²) in [6, 6.07) is 16.1. The highest BCUT2D eigenvalue weighted by Gasteiger charge is 2.41. The molecule has 0 heterocycles. The molecule has 7 nitrogen and oxygen atoms in total. The number of nitrogens with one attached hydrogen (secondary N) is 1. The Morgan fingerprint density at radius 3 is 2.14 bits per heavy atom. The Kier molecular flexibility index (Phi) is 7.43. The van der Waals surface area contributed by atoms with Gasteiger partial charge in [-0.15, -0.1) is 0 Å². The van der Waals surface area contributed by atoms with Crippen LogP contribution in [0.5, 0.6) is 0 Å². The maximum Gasteiger partial charge on any atom is 0.408 e. The maximum atomic E-state index is 13.6. The third-order valence-electron chi connectivity index (χ3n) is 7.28. The van der Waals surface area contributed by atoms with Crippen molar-refractivity contribution in [2.45, 2.75) is 69.9 Å². The van der Waals surface area contributed by atoms with Crippen LogP contribution >= 0.6 is 0 Å². The molecule has 0 spiro atoms. The SMILES string of the molecule is CCCC(C)(NC(=O)OCC1c2ccccc2-c2ccccc21)C(=O)N(CC(=O)O)C1CCCC1. The molecule has 186 valence electrons.